The molecule has 0 aromatic carbocycles. The second-order valence-electron chi connectivity index (χ2n) is 9.57. The molecule has 0 saturated carbocycles. The van der Waals surface area contributed by atoms with Crippen LogP contribution in [-0.2, 0) is 9.47 Å². The Morgan fingerprint density at radius 1 is 0.632 bits per heavy atom. The highest BCUT2D eigenvalue weighted by atomic mass is 79.9. The Morgan fingerprint density at radius 2 is 1.03 bits per heavy atom. The largest absolute Gasteiger partial charge is 0.362 e. The standard InChI is InChI=1S/C30H32Br2N4O2/c1-17(31)25-15-23-11-7-21-9-13-27(33-21)28-14-10-22(34-28)8-12-24-16-26(18(2)32)30(36(24)20(4)38-6)29(25)35(23)19(3)37-5/h7-20H,1-6H3. The molecule has 0 spiro atoms. The molecule has 4 atom stereocenters. The van der Waals surface area contributed by atoms with E-state index in [2.05, 4.69) is 105 Å². The van der Waals surface area contributed by atoms with E-state index in [1.165, 1.54) is 11.1 Å². The van der Waals surface area contributed by atoms with Gasteiger partial charge in [0.2, 0.25) is 0 Å². The van der Waals surface area contributed by atoms with Gasteiger partial charge in [0.1, 0.15) is 12.5 Å². The van der Waals surface area contributed by atoms with Crippen LogP contribution in [0.5, 0.6) is 0 Å². The fraction of sp³-hybridized carbons (Fsp3) is 0.333. The Balaban J connectivity index is 2.08. The number of rotatable bonds is 6. The molecule has 0 aliphatic carbocycles. The number of nitrogens with zero attached hydrogens (tertiary/aromatic N) is 4. The molecule has 0 N–H and O–H groups in total. The van der Waals surface area contributed by atoms with Crippen molar-refractivity contribution in [2.75, 3.05) is 14.2 Å². The number of methoxy groups -OCH3 is 2. The van der Waals surface area contributed by atoms with Crippen LogP contribution in [0.3, 0.4) is 0 Å². The van der Waals surface area contributed by atoms with Crippen LogP contribution in [-0.4, -0.2) is 33.3 Å². The van der Waals surface area contributed by atoms with Gasteiger partial charge in [0, 0.05) is 34.9 Å². The van der Waals surface area contributed by atoms with Gasteiger partial charge in [0.15, 0.2) is 0 Å². The van der Waals surface area contributed by atoms with Gasteiger partial charge in [-0.25, -0.2) is 9.97 Å². The molecule has 0 amide bonds. The molecule has 5 rings (SSSR count). The van der Waals surface area contributed by atoms with Crippen molar-refractivity contribution in [2.24, 2.45) is 0 Å². The van der Waals surface area contributed by atoms with E-state index in [1.54, 1.807) is 14.2 Å². The summed E-state index contributed by atoms with van der Waals surface area (Å²) in [7, 11) is 3.49. The van der Waals surface area contributed by atoms with Gasteiger partial charge in [-0.05, 0) is 99.5 Å². The molecule has 6 nitrogen and oxygen atoms in total. The number of ether oxygens (including phenoxy) is 2. The molecule has 0 saturated heterocycles. The highest BCUT2D eigenvalue weighted by Crippen LogP contribution is 2.40. The second kappa shape index (κ2) is 10.9. The van der Waals surface area contributed by atoms with Crippen molar-refractivity contribution < 1.29 is 9.47 Å². The summed E-state index contributed by atoms with van der Waals surface area (Å²) in [6.45, 7) is 8.46. The zero-order valence-electron chi connectivity index (χ0n) is 22.4. The van der Waals surface area contributed by atoms with E-state index in [-0.39, 0.29) is 22.1 Å². The third-order valence-corrected chi connectivity index (χ3v) is 8.10. The highest BCUT2D eigenvalue weighted by Gasteiger charge is 2.24. The number of hydrogen-bond donors (Lipinski definition) is 0. The Hall–Kier alpha value is -2.52. The lowest BCUT2D eigenvalue weighted by Gasteiger charge is -2.20. The minimum Gasteiger partial charge on any atom is -0.362 e. The molecular formula is C30H32Br2N4O2. The third-order valence-electron chi connectivity index (χ3n) is 7.12. The normalized spacial score (nSPS) is 16.0. The maximum Gasteiger partial charge on any atom is 0.131 e. The van der Waals surface area contributed by atoms with Gasteiger partial charge in [0.25, 0.3) is 0 Å². The van der Waals surface area contributed by atoms with Crippen molar-refractivity contribution in [2.45, 2.75) is 49.8 Å². The molecule has 3 aromatic rings. The molecule has 2 aliphatic heterocycles. The maximum atomic E-state index is 5.94. The van der Waals surface area contributed by atoms with Crippen LogP contribution in [0.15, 0.2) is 36.4 Å². The van der Waals surface area contributed by atoms with Gasteiger partial charge in [-0.1, -0.05) is 31.9 Å². The summed E-state index contributed by atoms with van der Waals surface area (Å²) in [6, 6.07) is 12.8. The first kappa shape index (κ1) is 27.1. The Morgan fingerprint density at radius 3 is 1.37 bits per heavy atom. The van der Waals surface area contributed by atoms with Crippen molar-refractivity contribution in [3.8, 4) is 0 Å². The summed E-state index contributed by atoms with van der Waals surface area (Å²) in [5, 5.41) is 0. The van der Waals surface area contributed by atoms with Crippen molar-refractivity contribution >= 4 is 78.2 Å². The summed E-state index contributed by atoms with van der Waals surface area (Å²) >= 11 is 7.77. The molecule has 38 heavy (non-hydrogen) atoms. The molecule has 5 heterocycles. The summed E-state index contributed by atoms with van der Waals surface area (Å²) in [5.41, 5.74) is 10.1. The lowest BCUT2D eigenvalue weighted by Crippen LogP contribution is -2.11. The molecule has 2 aliphatic rings. The number of aromatic nitrogens is 4. The van der Waals surface area contributed by atoms with E-state index in [0.717, 1.165) is 44.8 Å². The zero-order chi connectivity index (χ0) is 27.1. The average Bonchev–Trinajstić information content (AvgIpc) is 3.67. The van der Waals surface area contributed by atoms with Crippen LogP contribution >= 0.6 is 31.9 Å². The van der Waals surface area contributed by atoms with Gasteiger partial charge in [-0.15, -0.1) is 0 Å². The number of alkyl halides is 2. The van der Waals surface area contributed by atoms with E-state index in [1.807, 2.05) is 24.3 Å². The van der Waals surface area contributed by atoms with Crippen LogP contribution in [0, 0.1) is 0 Å². The van der Waals surface area contributed by atoms with E-state index in [9.17, 15) is 0 Å². The summed E-state index contributed by atoms with van der Waals surface area (Å²) in [6.07, 6.45) is 7.66. The van der Waals surface area contributed by atoms with E-state index in [0.29, 0.717) is 0 Å². The lowest BCUT2D eigenvalue weighted by atomic mass is 10.1. The molecule has 4 unspecified atom stereocenters. The molecule has 3 aromatic heterocycles. The van der Waals surface area contributed by atoms with Gasteiger partial charge < -0.3 is 18.6 Å². The van der Waals surface area contributed by atoms with Crippen LogP contribution < -0.4 is 0 Å². The first-order valence-corrected chi connectivity index (χ1v) is 14.5. The fourth-order valence-corrected chi connectivity index (χ4v) is 5.76. The minimum absolute atomic E-state index is 0.103. The van der Waals surface area contributed by atoms with Crippen molar-refractivity contribution in [1.82, 2.24) is 19.1 Å². The zero-order valence-corrected chi connectivity index (χ0v) is 25.6. The predicted octanol–water partition coefficient (Wildman–Crippen LogP) is 8.84. The molecule has 0 radical (unpaired) electrons. The van der Waals surface area contributed by atoms with Gasteiger partial charge >= 0.3 is 0 Å². The quantitative estimate of drug-likeness (QED) is 0.174. The maximum absolute atomic E-state index is 5.94. The Kier molecular flexibility index (Phi) is 7.78. The van der Waals surface area contributed by atoms with Crippen LogP contribution in [0.4, 0.5) is 0 Å². The molecule has 8 heteroatoms. The molecule has 8 bridgehead atoms. The van der Waals surface area contributed by atoms with Crippen molar-refractivity contribution in [3.05, 3.63) is 70.3 Å². The van der Waals surface area contributed by atoms with Crippen molar-refractivity contribution in [1.29, 1.82) is 0 Å². The van der Waals surface area contributed by atoms with Gasteiger partial charge in [-0.2, -0.15) is 0 Å². The predicted molar refractivity (Wildman–Crippen MR) is 164 cm³/mol. The number of fused-ring (bicyclic) bond motifs is 10. The molecule has 198 valence electrons. The third kappa shape index (κ3) is 4.83. The molecular weight excluding hydrogens is 608 g/mol. The van der Waals surface area contributed by atoms with Crippen LogP contribution in [0.2, 0.25) is 0 Å². The van der Waals surface area contributed by atoms with Crippen molar-refractivity contribution in [3.63, 3.8) is 0 Å². The Bertz CT molecular complexity index is 1480. The number of hydrogen-bond acceptors (Lipinski definition) is 4. The summed E-state index contributed by atoms with van der Waals surface area (Å²) < 4.78 is 16.4. The van der Waals surface area contributed by atoms with Crippen LogP contribution in [0.25, 0.3) is 46.4 Å². The molecule has 0 fully saturated rings. The smallest absolute Gasteiger partial charge is 0.131 e. The Labute approximate surface area is 240 Å². The first-order chi connectivity index (χ1) is 18.2. The highest BCUT2D eigenvalue weighted by molar-refractivity contribution is 9.09. The lowest BCUT2D eigenvalue weighted by molar-refractivity contribution is 0.0648. The van der Waals surface area contributed by atoms with E-state index >= 15 is 0 Å². The average molecular weight is 640 g/mol. The second-order valence-corrected chi connectivity index (χ2v) is 12.3. The SMILES string of the molecule is COC(C)n1c2ccc3nc(c4nc(ccc5cc(C(C)Br)c(c1c(C(C)Br)c2)n5C(C)OC)C=C4)C=C3. The summed E-state index contributed by atoms with van der Waals surface area (Å²) in [4.78, 5) is 9.83. The van der Waals surface area contributed by atoms with E-state index in [4.69, 9.17) is 19.4 Å². The monoisotopic (exact) mass is 638 g/mol. The van der Waals surface area contributed by atoms with Crippen LogP contribution in [0.1, 0.15) is 83.7 Å². The first-order valence-electron chi connectivity index (χ1n) is 12.7. The minimum atomic E-state index is -0.213. The summed E-state index contributed by atoms with van der Waals surface area (Å²) in [5.74, 6) is 0. The topological polar surface area (TPSA) is 54.1 Å². The van der Waals surface area contributed by atoms with Gasteiger partial charge in [0.05, 0.1) is 33.8 Å². The van der Waals surface area contributed by atoms with Gasteiger partial charge in [-0.3, -0.25) is 0 Å². The fourth-order valence-electron chi connectivity index (χ4n) is 5.06. The van der Waals surface area contributed by atoms with E-state index < -0.39 is 0 Å². The number of halogens is 2.